The number of phenols is 1. The number of benzene rings is 2. The summed E-state index contributed by atoms with van der Waals surface area (Å²) in [6.07, 6.45) is 8.67. The first-order chi connectivity index (χ1) is 14.9. The molecule has 0 unspecified atom stereocenters. The maximum Gasteiger partial charge on any atom is 0.226 e. The second kappa shape index (κ2) is 7.39. The lowest BCUT2D eigenvalue weighted by Crippen LogP contribution is -2.57. The molecule has 3 heteroatoms. The lowest BCUT2D eigenvalue weighted by Gasteiger charge is -2.55. The number of phenolic OH excluding ortho intramolecular Hbond substituents is 1. The summed E-state index contributed by atoms with van der Waals surface area (Å²) < 4.78 is 0. The Hall–Kier alpha value is -2.29. The molecule has 2 N–H and O–H groups in total. The zero-order chi connectivity index (χ0) is 21.7. The molecule has 3 aliphatic carbocycles. The van der Waals surface area contributed by atoms with Crippen LogP contribution >= 0.6 is 0 Å². The van der Waals surface area contributed by atoms with E-state index in [9.17, 15) is 9.90 Å². The highest BCUT2D eigenvalue weighted by molar-refractivity contribution is 5.83. The van der Waals surface area contributed by atoms with Crippen molar-refractivity contribution < 1.29 is 9.90 Å². The fourth-order valence-electron chi connectivity index (χ4n) is 7.13. The van der Waals surface area contributed by atoms with Gasteiger partial charge in [0.15, 0.2) is 0 Å². The Balaban J connectivity index is 1.39. The third-order valence-electron chi connectivity index (χ3n) is 9.14. The third-order valence-corrected chi connectivity index (χ3v) is 9.14. The Labute approximate surface area is 186 Å². The summed E-state index contributed by atoms with van der Waals surface area (Å²) in [4.78, 5) is 13.8. The Morgan fingerprint density at radius 1 is 1.03 bits per heavy atom. The summed E-state index contributed by atoms with van der Waals surface area (Å²) in [5, 5.41) is 13.6. The van der Waals surface area contributed by atoms with Gasteiger partial charge in [-0.2, -0.15) is 0 Å². The van der Waals surface area contributed by atoms with Gasteiger partial charge in [-0.25, -0.2) is 0 Å². The Morgan fingerprint density at radius 3 is 2.48 bits per heavy atom. The molecule has 2 aromatic carbocycles. The van der Waals surface area contributed by atoms with Crippen molar-refractivity contribution in [2.75, 3.05) is 6.54 Å². The Kier molecular flexibility index (Phi) is 4.91. The summed E-state index contributed by atoms with van der Waals surface area (Å²) in [7, 11) is 0. The topological polar surface area (TPSA) is 49.3 Å². The molecule has 0 aromatic heterocycles. The average molecular weight is 418 g/mol. The average Bonchev–Trinajstić information content (AvgIpc) is 2.74. The molecule has 3 nitrogen and oxygen atoms in total. The molecule has 0 saturated heterocycles. The fourth-order valence-corrected chi connectivity index (χ4v) is 7.13. The largest absolute Gasteiger partial charge is 0.508 e. The molecule has 0 bridgehead atoms. The second-order valence-electron chi connectivity index (χ2n) is 10.8. The zero-order valence-electron chi connectivity index (χ0n) is 18.9. The highest BCUT2D eigenvalue weighted by Gasteiger charge is 2.55. The highest BCUT2D eigenvalue weighted by atomic mass is 16.3. The number of carbonyl (C=O) groups excluding carboxylic acids is 1. The quantitative estimate of drug-likeness (QED) is 0.676. The van der Waals surface area contributed by atoms with Crippen molar-refractivity contribution in [3.63, 3.8) is 0 Å². The number of rotatable bonds is 4. The molecule has 2 aromatic rings. The van der Waals surface area contributed by atoms with E-state index in [4.69, 9.17) is 0 Å². The summed E-state index contributed by atoms with van der Waals surface area (Å²) in [5.74, 6) is 0.874. The molecule has 31 heavy (non-hydrogen) atoms. The molecule has 164 valence electrons. The van der Waals surface area contributed by atoms with Crippen molar-refractivity contribution >= 4 is 5.91 Å². The van der Waals surface area contributed by atoms with Gasteiger partial charge in [-0.05, 0) is 78.7 Å². The van der Waals surface area contributed by atoms with Gasteiger partial charge in [0.05, 0.1) is 5.41 Å². The smallest absolute Gasteiger partial charge is 0.226 e. The second-order valence-corrected chi connectivity index (χ2v) is 10.8. The van der Waals surface area contributed by atoms with Crippen LogP contribution in [-0.2, 0) is 22.0 Å². The van der Waals surface area contributed by atoms with Crippen molar-refractivity contribution in [2.24, 2.45) is 11.3 Å². The number of nitrogens with one attached hydrogen (secondary N) is 1. The summed E-state index contributed by atoms with van der Waals surface area (Å²) in [6, 6.07) is 16.6. The van der Waals surface area contributed by atoms with Gasteiger partial charge in [0.1, 0.15) is 5.75 Å². The normalized spacial score (nSPS) is 31.1. The number of carbonyl (C=O) groups is 1. The lowest BCUT2D eigenvalue weighted by atomic mass is 9.49. The lowest BCUT2D eigenvalue weighted by molar-refractivity contribution is -0.139. The number of hydrogen-bond donors (Lipinski definition) is 2. The van der Waals surface area contributed by atoms with Crippen LogP contribution in [0.15, 0.2) is 48.5 Å². The maximum atomic E-state index is 13.8. The van der Waals surface area contributed by atoms with E-state index in [0.717, 1.165) is 51.5 Å². The summed E-state index contributed by atoms with van der Waals surface area (Å²) in [5.41, 5.74) is 3.67. The van der Waals surface area contributed by atoms with Crippen molar-refractivity contribution in [1.82, 2.24) is 5.32 Å². The molecular weight excluding hydrogens is 382 g/mol. The van der Waals surface area contributed by atoms with Gasteiger partial charge in [0.2, 0.25) is 5.91 Å². The molecule has 0 spiro atoms. The molecule has 2 saturated carbocycles. The Morgan fingerprint density at radius 2 is 1.77 bits per heavy atom. The van der Waals surface area contributed by atoms with Crippen LogP contribution < -0.4 is 5.32 Å². The minimum Gasteiger partial charge on any atom is -0.508 e. The molecule has 1 amide bonds. The molecule has 0 heterocycles. The van der Waals surface area contributed by atoms with E-state index in [1.165, 1.54) is 23.1 Å². The highest BCUT2D eigenvalue weighted by Crippen LogP contribution is 2.57. The van der Waals surface area contributed by atoms with E-state index in [-0.39, 0.29) is 22.2 Å². The van der Waals surface area contributed by atoms with Crippen LogP contribution in [0.4, 0.5) is 0 Å². The van der Waals surface area contributed by atoms with Crippen LogP contribution in [0.2, 0.25) is 0 Å². The molecule has 3 atom stereocenters. The van der Waals surface area contributed by atoms with Gasteiger partial charge in [0.25, 0.3) is 0 Å². The van der Waals surface area contributed by atoms with Gasteiger partial charge in [-0.15, -0.1) is 0 Å². The Bertz CT molecular complexity index is 980. The number of amides is 1. The van der Waals surface area contributed by atoms with Gasteiger partial charge in [0, 0.05) is 12.0 Å². The van der Waals surface area contributed by atoms with Crippen molar-refractivity contribution in [2.45, 2.75) is 76.0 Å². The van der Waals surface area contributed by atoms with E-state index in [2.05, 4.69) is 55.6 Å². The predicted octanol–water partition coefficient (Wildman–Crippen LogP) is 5.64. The molecule has 0 radical (unpaired) electrons. The molecule has 0 aliphatic heterocycles. The molecule has 3 aliphatic rings. The van der Waals surface area contributed by atoms with Gasteiger partial charge >= 0.3 is 0 Å². The molecule has 5 rings (SSSR count). The first kappa shape index (κ1) is 20.6. The number of aromatic hydroxyl groups is 1. The number of hydrogen-bond acceptors (Lipinski definition) is 2. The van der Waals surface area contributed by atoms with Gasteiger partial charge < -0.3 is 10.4 Å². The number of fused-ring (bicyclic) bond motifs is 3. The fraction of sp³-hybridized carbons (Fsp3) is 0.536. The van der Waals surface area contributed by atoms with E-state index < -0.39 is 0 Å². The third kappa shape index (κ3) is 3.20. The van der Waals surface area contributed by atoms with Crippen molar-refractivity contribution in [3.8, 4) is 5.75 Å². The molecular formula is C28H35NO2. The monoisotopic (exact) mass is 417 g/mol. The van der Waals surface area contributed by atoms with Crippen molar-refractivity contribution in [3.05, 3.63) is 65.2 Å². The van der Waals surface area contributed by atoms with E-state index in [1.807, 2.05) is 6.07 Å². The van der Waals surface area contributed by atoms with Crippen LogP contribution in [0.25, 0.3) is 0 Å². The standard InChI is InChI=1S/C28H35NO2/c1-26-14-6-15-27(2,24(26)13-11-20-10-12-22(30)18-23(20)26)25(31)29-19-28(16-7-17-28)21-8-4-3-5-9-21/h3-5,8-10,12,18,24,30H,6-7,11,13-17,19H2,1-2H3,(H,29,31)/t24-,26-,27+/m1/s1. The minimum atomic E-state index is -0.363. The van der Waals surface area contributed by atoms with E-state index in [1.54, 1.807) is 6.07 Å². The first-order valence-electron chi connectivity index (χ1n) is 12.0. The van der Waals surface area contributed by atoms with Crippen LogP contribution in [-0.4, -0.2) is 17.6 Å². The van der Waals surface area contributed by atoms with Crippen LogP contribution in [0, 0.1) is 11.3 Å². The van der Waals surface area contributed by atoms with E-state index in [0.29, 0.717) is 11.7 Å². The minimum absolute atomic E-state index is 0.0513. The van der Waals surface area contributed by atoms with Crippen LogP contribution in [0.5, 0.6) is 5.75 Å². The van der Waals surface area contributed by atoms with E-state index >= 15 is 0 Å². The zero-order valence-corrected chi connectivity index (χ0v) is 18.9. The molecule has 2 fully saturated rings. The van der Waals surface area contributed by atoms with Crippen LogP contribution in [0.1, 0.15) is 75.5 Å². The SMILES string of the molecule is C[C@]1(C(=O)NCC2(c3ccccc3)CCC2)CCC[C@]2(C)c3cc(O)ccc3CC[C@@H]12. The summed E-state index contributed by atoms with van der Waals surface area (Å²) in [6.45, 7) is 5.28. The van der Waals surface area contributed by atoms with Crippen LogP contribution in [0.3, 0.4) is 0 Å². The number of aryl methyl sites for hydroxylation is 1. The first-order valence-corrected chi connectivity index (χ1v) is 12.0. The summed E-state index contributed by atoms with van der Waals surface area (Å²) >= 11 is 0. The van der Waals surface area contributed by atoms with Crippen molar-refractivity contribution in [1.29, 1.82) is 0 Å². The maximum absolute atomic E-state index is 13.8. The predicted molar refractivity (Wildman–Crippen MR) is 124 cm³/mol. The van der Waals surface area contributed by atoms with Gasteiger partial charge in [-0.3, -0.25) is 4.79 Å². The van der Waals surface area contributed by atoms with Gasteiger partial charge in [-0.1, -0.05) is 63.1 Å².